The maximum Gasteiger partial charge on any atom is 0.183 e. The molecule has 1 rings (SSSR count). The molecule has 1 aliphatic heterocycles. The summed E-state index contributed by atoms with van der Waals surface area (Å²) in [6.45, 7) is 4.16. The molecule has 0 saturated heterocycles. The van der Waals surface area contributed by atoms with Gasteiger partial charge in [-0.2, -0.15) is 0 Å². The minimum absolute atomic E-state index is 0.886. The van der Waals surface area contributed by atoms with E-state index in [0.29, 0.717) is 0 Å². The minimum Gasteiger partial charge on any atom is -0.481 e. The number of hydrogen-bond acceptors (Lipinski definition) is 2. The van der Waals surface area contributed by atoms with Crippen molar-refractivity contribution in [1.82, 2.24) is 0 Å². The highest BCUT2D eigenvalue weighted by atomic mass is 16.5. The third-order valence-corrected chi connectivity index (χ3v) is 4.60. The van der Waals surface area contributed by atoms with E-state index in [4.69, 9.17) is 4.74 Å². The molecule has 0 aromatic carbocycles. The van der Waals surface area contributed by atoms with Crippen molar-refractivity contribution >= 4 is 5.90 Å². The quantitative estimate of drug-likeness (QED) is 0.309. The van der Waals surface area contributed by atoms with Crippen molar-refractivity contribution in [3.63, 3.8) is 0 Å². The zero-order valence-corrected chi connectivity index (χ0v) is 15.1. The van der Waals surface area contributed by atoms with E-state index >= 15 is 0 Å². The molecule has 0 saturated carbocycles. The molecule has 130 valence electrons. The van der Waals surface area contributed by atoms with E-state index in [0.717, 1.165) is 31.9 Å². The second kappa shape index (κ2) is 15.4. The lowest BCUT2D eigenvalue weighted by atomic mass is 10.0. The van der Waals surface area contributed by atoms with Crippen LogP contribution in [0.15, 0.2) is 4.99 Å². The van der Waals surface area contributed by atoms with Crippen molar-refractivity contribution in [2.75, 3.05) is 13.2 Å². The summed E-state index contributed by atoms with van der Waals surface area (Å²) in [4.78, 5) is 4.42. The summed E-state index contributed by atoms with van der Waals surface area (Å²) in [6, 6.07) is 0. The maximum atomic E-state index is 5.54. The molecule has 0 fully saturated rings. The van der Waals surface area contributed by atoms with Crippen molar-refractivity contribution in [3.05, 3.63) is 0 Å². The first-order chi connectivity index (χ1) is 10.9. The van der Waals surface area contributed by atoms with Gasteiger partial charge in [0.05, 0.1) is 6.61 Å². The van der Waals surface area contributed by atoms with Crippen molar-refractivity contribution in [2.45, 2.75) is 110 Å². The Kier molecular flexibility index (Phi) is 13.6. The van der Waals surface area contributed by atoms with Gasteiger partial charge in [0.25, 0.3) is 0 Å². The van der Waals surface area contributed by atoms with Crippen molar-refractivity contribution < 1.29 is 4.74 Å². The van der Waals surface area contributed by atoms with E-state index < -0.39 is 0 Å². The second-order valence-corrected chi connectivity index (χ2v) is 6.82. The number of hydrogen-bond donors (Lipinski definition) is 0. The lowest BCUT2D eigenvalue weighted by Crippen LogP contribution is -2.13. The van der Waals surface area contributed by atoms with Crippen molar-refractivity contribution in [1.29, 1.82) is 0 Å². The SMILES string of the molecule is CCCCCCCCCCCCCCCCC1=NCCCO1. The van der Waals surface area contributed by atoms with E-state index in [2.05, 4.69) is 11.9 Å². The van der Waals surface area contributed by atoms with Gasteiger partial charge in [-0.1, -0.05) is 90.4 Å². The van der Waals surface area contributed by atoms with Crippen LogP contribution in [0.5, 0.6) is 0 Å². The largest absolute Gasteiger partial charge is 0.481 e. The Morgan fingerprint density at radius 3 is 1.68 bits per heavy atom. The monoisotopic (exact) mass is 309 g/mol. The topological polar surface area (TPSA) is 21.6 Å². The highest BCUT2D eigenvalue weighted by Crippen LogP contribution is 2.14. The first-order valence-electron chi connectivity index (χ1n) is 10.1. The Bertz CT molecular complexity index is 262. The molecule has 1 aliphatic rings. The molecule has 22 heavy (non-hydrogen) atoms. The van der Waals surface area contributed by atoms with Gasteiger partial charge in [-0.05, 0) is 6.42 Å². The molecule has 0 aliphatic carbocycles. The van der Waals surface area contributed by atoms with Crippen LogP contribution in [-0.4, -0.2) is 19.0 Å². The summed E-state index contributed by atoms with van der Waals surface area (Å²) in [5.74, 6) is 1.02. The third-order valence-electron chi connectivity index (χ3n) is 4.60. The van der Waals surface area contributed by atoms with Crippen LogP contribution >= 0.6 is 0 Å². The predicted octanol–water partition coefficient (Wildman–Crippen LogP) is 6.68. The summed E-state index contributed by atoms with van der Waals surface area (Å²) in [6.07, 6.45) is 22.0. The Balaban J connectivity index is 1.70. The van der Waals surface area contributed by atoms with Crippen LogP contribution in [0, 0.1) is 0 Å². The van der Waals surface area contributed by atoms with Gasteiger partial charge in [0.2, 0.25) is 0 Å². The lowest BCUT2D eigenvalue weighted by Gasteiger charge is -2.13. The molecule has 1 heterocycles. The minimum atomic E-state index is 0.886. The normalized spacial score (nSPS) is 14.7. The number of unbranched alkanes of at least 4 members (excludes halogenated alkanes) is 13. The highest BCUT2D eigenvalue weighted by molar-refractivity contribution is 5.76. The number of rotatable bonds is 15. The molecular weight excluding hydrogens is 270 g/mol. The maximum absolute atomic E-state index is 5.54. The molecule has 0 aromatic heterocycles. The lowest BCUT2D eigenvalue weighted by molar-refractivity contribution is 0.272. The van der Waals surface area contributed by atoms with Crippen LogP contribution in [0.2, 0.25) is 0 Å². The Morgan fingerprint density at radius 1 is 0.727 bits per heavy atom. The van der Waals surface area contributed by atoms with Gasteiger partial charge in [-0.25, -0.2) is 0 Å². The molecule has 0 bridgehead atoms. The molecule has 0 unspecified atom stereocenters. The van der Waals surface area contributed by atoms with E-state index in [1.54, 1.807) is 0 Å². The van der Waals surface area contributed by atoms with Gasteiger partial charge in [0.1, 0.15) is 0 Å². The van der Waals surface area contributed by atoms with Crippen molar-refractivity contribution in [2.24, 2.45) is 4.99 Å². The molecule has 0 aromatic rings. The summed E-state index contributed by atoms with van der Waals surface area (Å²) in [5, 5.41) is 0. The smallest absolute Gasteiger partial charge is 0.183 e. The van der Waals surface area contributed by atoms with Gasteiger partial charge >= 0.3 is 0 Å². The van der Waals surface area contributed by atoms with Gasteiger partial charge in [-0.15, -0.1) is 0 Å². The number of aliphatic imine (C=N–C) groups is 1. The molecular formula is C20H39NO. The van der Waals surface area contributed by atoms with Gasteiger partial charge in [0.15, 0.2) is 5.90 Å². The van der Waals surface area contributed by atoms with Crippen LogP contribution in [0.3, 0.4) is 0 Å². The van der Waals surface area contributed by atoms with E-state index in [9.17, 15) is 0 Å². The molecule has 0 amide bonds. The first kappa shape index (κ1) is 19.5. The number of ether oxygens (including phenoxy) is 1. The summed E-state index contributed by atoms with van der Waals surface area (Å²) in [5.41, 5.74) is 0. The van der Waals surface area contributed by atoms with Crippen LogP contribution in [0.25, 0.3) is 0 Å². The highest BCUT2D eigenvalue weighted by Gasteiger charge is 2.04. The van der Waals surface area contributed by atoms with Crippen LogP contribution in [0.4, 0.5) is 0 Å². The van der Waals surface area contributed by atoms with E-state index in [1.807, 2.05) is 0 Å². The third kappa shape index (κ3) is 12.1. The molecule has 2 nitrogen and oxygen atoms in total. The zero-order valence-electron chi connectivity index (χ0n) is 15.1. The molecule has 0 N–H and O–H groups in total. The van der Waals surface area contributed by atoms with Crippen molar-refractivity contribution in [3.8, 4) is 0 Å². The standard InChI is InChI=1S/C20H39NO/c1-2-3-4-5-6-7-8-9-10-11-12-13-14-15-17-20-21-18-16-19-22-20/h2-19H2,1H3. The number of nitrogens with zero attached hydrogens (tertiary/aromatic N) is 1. The average molecular weight is 310 g/mol. The average Bonchev–Trinajstić information content (AvgIpc) is 2.56. The van der Waals surface area contributed by atoms with Gasteiger partial charge in [0, 0.05) is 19.4 Å². The predicted molar refractivity (Wildman–Crippen MR) is 97.8 cm³/mol. The summed E-state index contributed by atoms with van der Waals surface area (Å²) < 4.78 is 5.54. The van der Waals surface area contributed by atoms with Crippen LogP contribution in [0.1, 0.15) is 110 Å². The molecule has 0 spiro atoms. The molecule has 2 heteroatoms. The second-order valence-electron chi connectivity index (χ2n) is 6.82. The Hall–Kier alpha value is -0.530. The van der Waals surface area contributed by atoms with Gasteiger partial charge < -0.3 is 4.74 Å². The molecule has 0 radical (unpaired) electrons. The Labute approximate surface area is 139 Å². The fraction of sp³-hybridized carbons (Fsp3) is 0.950. The van der Waals surface area contributed by atoms with Gasteiger partial charge in [-0.3, -0.25) is 4.99 Å². The van der Waals surface area contributed by atoms with E-state index in [1.165, 1.54) is 89.9 Å². The fourth-order valence-corrected chi connectivity index (χ4v) is 3.13. The Morgan fingerprint density at radius 2 is 1.23 bits per heavy atom. The van der Waals surface area contributed by atoms with E-state index in [-0.39, 0.29) is 0 Å². The first-order valence-corrected chi connectivity index (χ1v) is 10.1. The summed E-state index contributed by atoms with van der Waals surface area (Å²) in [7, 11) is 0. The summed E-state index contributed by atoms with van der Waals surface area (Å²) >= 11 is 0. The fourth-order valence-electron chi connectivity index (χ4n) is 3.13. The zero-order chi connectivity index (χ0) is 15.7. The van der Waals surface area contributed by atoms with Crippen LogP contribution in [-0.2, 0) is 4.74 Å². The molecule has 0 atom stereocenters. The van der Waals surface area contributed by atoms with Crippen LogP contribution < -0.4 is 0 Å².